The lowest BCUT2D eigenvalue weighted by Gasteiger charge is -2.36. The molecule has 0 radical (unpaired) electrons. The van der Waals surface area contributed by atoms with Crippen LogP contribution in [0.15, 0.2) is 28.9 Å². The van der Waals surface area contributed by atoms with Gasteiger partial charge in [-0.1, -0.05) is 0 Å². The van der Waals surface area contributed by atoms with Gasteiger partial charge in [-0.25, -0.2) is 0 Å². The quantitative estimate of drug-likeness (QED) is 0.732. The average molecular weight is 396 g/mol. The van der Waals surface area contributed by atoms with E-state index in [0.717, 1.165) is 50.3 Å². The number of piperazine rings is 1. The Morgan fingerprint density at radius 1 is 1.07 bits per heavy atom. The SMILES string of the molecule is O=C([C@H]1CCN(C2=CCN=C(C(F)(F)F)C=C2)C1)N1CCN(CC2CC2)CC1. The molecule has 1 saturated carbocycles. The maximum absolute atomic E-state index is 12.9. The zero-order valence-corrected chi connectivity index (χ0v) is 16.0. The van der Waals surface area contributed by atoms with Gasteiger partial charge in [0.25, 0.3) is 0 Å². The highest BCUT2D eigenvalue weighted by Crippen LogP contribution is 2.30. The van der Waals surface area contributed by atoms with Crippen LogP contribution >= 0.6 is 0 Å². The van der Waals surface area contributed by atoms with Crippen molar-refractivity contribution in [3.63, 3.8) is 0 Å². The summed E-state index contributed by atoms with van der Waals surface area (Å²) in [6.07, 6.45) is 3.23. The molecule has 3 aliphatic heterocycles. The van der Waals surface area contributed by atoms with E-state index in [4.69, 9.17) is 0 Å². The third-order valence-electron chi connectivity index (χ3n) is 6.06. The van der Waals surface area contributed by atoms with E-state index >= 15 is 0 Å². The molecule has 2 saturated heterocycles. The Bertz CT molecular complexity index is 688. The minimum atomic E-state index is -4.43. The molecule has 1 amide bonds. The number of halogens is 3. The molecule has 1 atom stereocenters. The largest absolute Gasteiger partial charge is 0.432 e. The fourth-order valence-corrected chi connectivity index (χ4v) is 4.21. The van der Waals surface area contributed by atoms with Gasteiger partial charge >= 0.3 is 6.18 Å². The second-order valence-corrected chi connectivity index (χ2v) is 8.19. The van der Waals surface area contributed by atoms with Gasteiger partial charge in [-0.15, -0.1) is 0 Å². The Morgan fingerprint density at radius 2 is 1.82 bits per heavy atom. The molecule has 0 aromatic rings. The number of likely N-dealkylation sites (tertiary alicyclic amines) is 1. The number of hydrogen-bond donors (Lipinski definition) is 0. The highest BCUT2D eigenvalue weighted by atomic mass is 19.4. The minimum absolute atomic E-state index is 0.00917. The maximum Gasteiger partial charge on any atom is 0.432 e. The fourth-order valence-electron chi connectivity index (χ4n) is 4.21. The van der Waals surface area contributed by atoms with Crippen LogP contribution in [0.1, 0.15) is 19.3 Å². The Kier molecular flexibility index (Phi) is 5.49. The Morgan fingerprint density at radius 3 is 2.50 bits per heavy atom. The molecule has 4 rings (SSSR count). The van der Waals surface area contributed by atoms with E-state index in [-0.39, 0.29) is 18.4 Å². The number of amides is 1. The fraction of sp³-hybridized carbons (Fsp3) is 0.700. The predicted octanol–water partition coefficient (Wildman–Crippen LogP) is 2.32. The van der Waals surface area contributed by atoms with Crippen LogP contribution in [0.25, 0.3) is 0 Å². The molecule has 28 heavy (non-hydrogen) atoms. The van der Waals surface area contributed by atoms with Gasteiger partial charge in [0.1, 0.15) is 5.71 Å². The summed E-state index contributed by atoms with van der Waals surface area (Å²) in [5.41, 5.74) is -0.123. The third-order valence-corrected chi connectivity index (χ3v) is 6.06. The summed E-state index contributed by atoms with van der Waals surface area (Å²) in [5, 5.41) is 0. The lowest BCUT2D eigenvalue weighted by Crippen LogP contribution is -2.51. The van der Waals surface area contributed by atoms with Crippen LogP contribution in [0.2, 0.25) is 0 Å². The van der Waals surface area contributed by atoms with Crippen LogP contribution in [0.5, 0.6) is 0 Å². The molecular weight excluding hydrogens is 369 g/mol. The van der Waals surface area contributed by atoms with Crippen molar-refractivity contribution in [1.82, 2.24) is 14.7 Å². The lowest BCUT2D eigenvalue weighted by molar-refractivity contribution is -0.136. The second-order valence-electron chi connectivity index (χ2n) is 8.19. The minimum Gasteiger partial charge on any atom is -0.371 e. The molecule has 0 bridgehead atoms. The molecule has 0 aromatic carbocycles. The number of nitrogens with zero attached hydrogens (tertiary/aromatic N) is 4. The summed E-state index contributed by atoms with van der Waals surface area (Å²) in [6.45, 7) is 5.90. The standard InChI is InChI=1S/C20H27F3N4O/c21-20(22,23)18-4-3-17(5-7-24-18)27-8-6-16(14-27)19(28)26-11-9-25(10-12-26)13-15-1-2-15/h3-5,15-16H,1-2,6-14H2/t16-/m0/s1. The highest BCUT2D eigenvalue weighted by molar-refractivity contribution is 6.00. The summed E-state index contributed by atoms with van der Waals surface area (Å²) in [4.78, 5) is 22.9. The topological polar surface area (TPSA) is 39.2 Å². The number of alkyl halides is 3. The molecule has 5 nitrogen and oxygen atoms in total. The molecule has 0 unspecified atom stereocenters. The molecule has 3 fully saturated rings. The summed E-state index contributed by atoms with van der Waals surface area (Å²) in [5.74, 6) is 0.989. The van der Waals surface area contributed by atoms with Gasteiger partial charge in [0.2, 0.25) is 5.91 Å². The van der Waals surface area contributed by atoms with Crippen LogP contribution in [-0.4, -0.2) is 84.9 Å². The summed E-state index contributed by atoms with van der Waals surface area (Å²) in [7, 11) is 0. The third kappa shape index (κ3) is 4.59. The summed E-state index contributed by atoms with van der Waals surface area (Å²) < 4.78 is 38.5. The highest BCUT2D eigenvalue weighted by Gasteiger charge is 2.36. The molecule has 4 aliphatic rings. The lowest BCUT2D eigenvalue weighted by atomic mass is 10.1. The van der Waals surface area contributed by atoms with Gasteiger partial charge < -0.3 is 9.80 Å². The van der Waals surface area contributed by atoms with Gasteiger partial charge in [-0.2, -0.15) is 13.2 Å². The Hall–Kier alpha value is -1.83. The van der Waals surface area contributed by atoms with E-state index in [1.165, 1.54) is 25.5 Å². The van der Waals surface area contributed by atoms with Crippen LogP contribution in [-0.2, 0) is 4.79 Å². The van der Waals surface area contributed by atoms with Crippen LogP contribution in [0, 0.1) is 11.8 Å². The molecule has 3 heterocycles. The number of allylic oxidation sites excluding steroid dienone is 2. The van der Waals surface area contributed by atoms with Gasteiger partial charge in [0.05, 0.1) is 12.5 Å². The number of carbonyl (C=O) groups is 1. The van der Waals surface area contributed by atoms with Crippen molar-refractivity contribution in [1.29, 1.82) is 0 Å². The van der Waals surface area contributed by atoms with Crippen molar-refractivity contribution in [3.05, 3.63) is 23.9 Å². The van der Waals surface area contributed by atoms with E-state index in [9.17, 15) is 18.0 Å². The Labute approximate surface area is 163 Å². The molecule has 0 aromatic heterocycles. The number of rotatable bonds is 4. The first-order valence-electron chi connectivity index (χ1n) is 10.2. The van der Waals surface area contributed by atoms with Gasteiger partial charge in [-0.05, 0) is 43.4 Å². The normalized spacial score (nSPS) is 26.9. The monoisotopic (exact) mass is 396 g/mol. The van der Waals surface area contributed by atoms with Crippen LogP contribution in [0.3, 0.4) is 0 Å². The molecule has 0 N–H and O–H groups in total. The first-order valence-corrected chi connectivity index (χ1v) is 10.2. The second kappa shape index (κ2) is 7.89. The van der Waals surface area contributed by atoms with E-state index in [2.05, 4.69) is 9.89 Å². The van der Waals surface area contributed by atoms with Crippen molar-refractivity contribution in [2.24, 2.45) is 16.8 Å². The van der Waals surface area contributed by atoms with E-state index in [1.807, 2.05) is 9.80 Å². The van der Waals surface area contributed by atoms with Crippen LogP contribution in [0.4, 0.5) is 13.2 Å². The number of carbonyl (C=O) groups excluding carboxylic acids is 1. The van der Waals surface area contributed by atoms with Crippen molar-refractivity contribution in [2.75, 3.05) is 52.4 Å². The maximum atomic E-state index is 12.9. The van der Waals surface area contributed by atoms with E-state index < -0.39 is 11.9 Å². The van der Waals surface area contributed by atoms with Crippen molar-refractivity contribution in [2.45, 2.75) is 25.4 Å². The van der Waals surface area contributed by atoms with Crippen molar-refractivity contribution < 1.29 is 18.0 Å². The molecule has 154 valence electrons. The van der Waals surface area contributed by atoms with Crippen molar-refractivity contribution >= 4 is 11.6 Å². The van der Waals surface area contributed by atoms with Gasteiger partial charge in [0.15, 0.2) is 0 Å². The van der Waals surface area contributed by atoms with Crippen molar-refractivity contribution in [3.8, 4) is 0 Å². The smallest absolute Gasteiger partial charge is 0.371 e. The van der Waals surface area contributed by atoms with E-state index in [0.29, 0.717) is 13.1 Å². The first kappa shape index (κ1) is 19.5. The zero-order valence-electron chi connectivity index (χ0n) is 16.0. The summed E-state index contributed by atoms with van der Waals surface area (Å²) >= 11 is 0. The predicted molar refractivity (Wildman–Crippen MR) is 101 cm³/mol. The first-order chi connectivity index (χ1) is 13.4. The average Bonchev–Trinajstić information content (AvgIpc) is 3.40. The number of aliphatic imine (C=N–C) groups is 1. The van der Waals surface area contributed by atoms with Crippen LogP contribution < -0.4 is 0 Å². The van der Waals surface area contributed by atoms with E-state index in [1.54, 1.807) is 6.08 Å². The zero-order chi connectivity index (χ0) is 19.7. The number of hydrogen-bond acceptors (Lipinski definition) is 4. The summed E-state index contributed by atoms with van der Waals surface area (Å²) in [6, 6.07) is 0. The molecular formula is C20H27F3N4O. The Balaban J connectivity index is 1.28. The van der Waals surface area contributed by atoms with Gasteiger partial charge in [0, 0.05) is 51.5 Å². The van der Waals surface area contributed by atoms with Gasteiger partial charge in [-0.3, -0.25) is 14.7 Å². The molecule has 8 heteroatoms. The molecule has 0 spiro atoms. The molecule has 1 aliphatic carbocycles.